The number of hydrogen-bond acceptors (Lipinski definition) is 6. The minimum atomic E-state index is -0.903. The van der Waals surface area contributed by atoms with Crippen LogP contribution in [0.15, 0.2) is 36.8 Å². The third-order valence-corrected chi connectivity index (χ3v) is 2.90. The molecule has 0 aromatic rings. The van der Waals surface area contributed by atoms with E-state index in [4.69, 9.17) is 15.9 Å². The SMILES string of the molecule is C#CC1=C(C)[C@H](OC(=O)OC=C)C[C@H](OC(=O)OC=C)C1. The smallest absolute Gasteiger partial charge is 0.430 e. The first-order valence-corrected chi connectivity index (χ1v) is 6.14. The second-order valence-corrected chi connectivity index (χ2v) is 4.16. The Kier molecular flexibility index (Phi) is 6.08. The summed E-state index contributed by atoms with van der Waals surface area (Å²) in [4.78, 5) is 22.6. The highest BCUT2D eigenvalue weighted by Gasteiger charge is 2.32. The maximum absolute atomic E-state index is 11.3. The average Bonchev–Trinajstić information content (AvgIpc) is 2.42. The number of hydrogen-bond donors (Lipinski definition) is 0. The molecule has 0 aliphatic heterocycles. The predicted molar refractivity (Wildman–Crippen MR) is 73.9 cm³/mol. The van der Waals surface area contributed by atoms with Crippen LogP contribution in [-0.2, 0) is 18.9 Å². The Balaban J connectivity index is 2.80. The maximum Gasteiger partial charge on any atom is 0.513 e. The summed E-state index contributed by atoms with van der Waals surface area (Å²) >= 11 is 0. The van der Waals surface area contributed by atoms with Gasteiger partial charge in [0.2, 0.25) is 0 Å². The van der Waals surface area contributed by atoms with Gasteiger partial charge in [-0.25, -0.2) is 9.59 Å². The van der Waals surface area contributed by atoms with Gasteiger partial charge in [-0.15, -0.1) is 6.42 Å². The van der Waals surface area contributed by atoms with Crippen LogP contribution >= 0.6 is 0 Å². The molecule has 0 heterocycles. The number of carbonyl (C=O) groups is 2. The Morgan fingerprint density at radius 2 is 1.81 bits per heavy atom. The third-order valence-electron chi connectivity index (χ3n) is 2.90. The van der Waals surface area contributed by atoms with Crippen LogP contribution in [0, 0.1) is 12.3 Å². The number of rotatable bonds is 4. The van der Waals surface area contributed by atoms with Gasteiger partial charge in [0.25, 0.3) is 0 Å². The van der Waals surface area contributed by atoms with Crippen LogP contribution in [-0.4, -0.2) is 24.5 Å². The first-order chi connectivity index (χ1) is 10.0. The van der Waals surface area contributed by atoms with Crippen LogP contribution in [0.4, 0.5) is 9.59 Å². The lowest BCUT2D eigenvalue weighted by molar-refractivity contribution is 0.00541. The number of terminal acetylenes is 1. The Morgan fingerprint density at radius 3 is 2.33 bits per heavy atom. The molecule has 0 saturated heterocycles. The molecule has 0 aromatic heterocycles. The molecule has 1 aliphatic carbocycles. The zero-order valence-corrected chi connectivity index (χ0v) is 11.7. The molecule has 21 heavy (non-hydrogen) atoms. The van der Waals surface area contributed by atoms with E-state index in [1.54, 1.807) is 6.92 Å². The van der Waals surface area contributed by atoms with Crippen molar-refractivity contribution in [3.63, 3.8) is 0 Å². The fourth-order valence-corrected chi connectivity index (χ4v) is 1.92. The molecule has 0 saturated carbocycles. The lowest BCUT2D eigenvalue weighted by Gasteiger charge is -2.29. The lowest BCUT2D eigenvalue weighted by atomic mass is 9.88. The molecule has 112 valence electrons. The Labute approximate surface area is 123 Å². The zero-order chi connectivity index (χ0) is 15.8. The fourth-order valence-electron chi connectivity index (χ4n) is 1.92. The second-order valence-electron chi connectivity index (χ2n) is 4.16. The van der Waals surface area contributed by atoms with Crippen LogP contribution in [0.2, 0.25) is 0 Å². The molecule has 0 amide bonds. The van der Waals surface area contributed by atoms with E-state index in [0.717, 1.165) is 18.1 Å². The van der Waals surface area contributed by atoms with Crippen molar-refractivity contribution in [2.75, 3.05) is 0 Å². The number of ether oxygens (including phenoxy) is 4. The molecule has 0 unspecified atom stereocenters. The summed E-state index contributed by atoms with van der Waals surface area (Å²) in [5, 5.41) is 0. The summed E-state index contributed by atoms with van der Waals surface area (Å²) in [5.74, 6) is 2.50. The normalized spacial score (nSPS) is 20.8. The van der Waals surface area contributed by atoms with Crippen molar-refractivity contribution in [3.8, 4) is 12.3 Å². The van der Waals surface area contributed by atoms with E-state index in [9.17, 15) is 9.59 Å². The Morgan fingerprint density at radius 1 is 1.24 bits per heavy atom. The molecule has 0 fully saturated rings. The third kappa shape index (κ3) is 4.73. The van der Waals surface area contributed by atoms with Crippen molar-refractivity contribution in [1.82, 2.24) is 0 Å². The summed E-state index contributed by atoms with van der Waals surface area (Å²) < 4.78 is 19.2. The molecule has 6 heteroatoms. The molecular weight excluding hydrogens is 276 g/mol. The van der Waals surface area contributed by atoms with E-state index in [-0.39, 0.29) is 6.42 Å². The molecule has 0 aromatic carbocycles. The van der Waals surface area contributed by atoms with E-state index in [1.807, 2.05) is 0 Å². The highest BCUT2D eigenvalue weighted by atomic mass is 16.7. The van der Waals surface area contributed by atoms with E-state index >= 15 is 0 Å². The molecule has 2 atom stereocenters. The van der Waals surface area contributed by atoms with Gasteiger partial charge >= 0.3 is 12.3 Å². The number of carbonyl (C=O) groups excluding carboxylic acids is 2. The molecule has 6 nitrogen and oxygen atoms in total. The maximum atomic E-state index is 11.3. The monoisotopic (exact) mass is 292 g/mol. The van der Waals surface area contributed by atoms with E-state index in [0.29, 0.717) is 12.0 Å². The van der Waals surface area contributed by atoms with E-state index in [2.05, 4.69) is 28.6 Å². The highest BCUT2D eigenvalue weighted by molar-refractivity contribution is 5.62. The van der Waals surface area contributed by atoms with Gasteiger partial charge < -0.3 is 18.9 Å². The molecule has 0 spiro atoms. The van der Waals surface area contributed by atoms with Gasteiger partial charge in [0, 0.05) is 18.4 Å². The fraction of sp³-hybridized carbons (Fsp3) is 0.333. The minimum absolute atomic E-state index is 0.259. The summed E-state index contributed by atoms with van der Waals surface area (Å²) in [6, 6.07) is 0. The summed E-state index contributed by atoms with van der Waals surface area (Å²) in [5.41, 5.74) is 1.32. The lowest BCUT2D eigenvalue weighted by Crippen LogP contribution is -2.32. The van der Waals surface area contributed by atoms with Crippen LogP contribution in [0.25, 0.3) is 0 Å². The summed E-state index contributed by atoms with van der Waals surface area (Å²) in [6.07, 6.45) is 4.95. The van der Waals surface area contributed by atoms with Gasteiger partial charge in [-0.3, -0.25) is 0 Å². The topological polar surface area (TPSA) is 71.1 Å². The predicted octanol–water partition coefficient (Wildman–Crippen LogP) is 3.06. The first kappa shape index (κ1) is 16.4. The van der Waals surface area contributed by atoms with E-state index < -0.39 is 24.5 Å². The molecule has 0 radical (unpaired) electrons. The van der Waals surface area contributed by atoms with Crippen LogP contribution in [0.1, 0.15) is 19.8 Å². The summed E-state index contributed by atoms with van der Waals surface area (Å²) in [6.45, 7) is 8.26. The van der Waals surface area contributed by atoms with Crippen LogP contribution in [0.3, 0.4) is 0 Å². The largest absolute Gasteiger partial charge is 0.513 e. The van der Waals surface area contributed by atoms with Crippen molar-refractivity contribution in [2.24, 2.45) is 0 Å². The average molecular weight is 292 g/mol. The molecule has 1 rings (SSSR count). The zero-order valence-electron chi connectivity index (χ0n) is 11.7. The quantitative estimate of drug-likeness (QED) is 0.450. The standard InChI is InChI=1S/C15H16O6/c1-5-11-8-12(20-14(16)18-6-2)9-13(10(11)4)21-15(17)19-7-3/h1,6-7,12-13H,2-3,8-9H2,4H3/t12-,13-/m1/s1. The van der Waals surface area contributed by atoms with Gasteiger partial charge in [0.05, 0.1) is 12.5 Å². The van der Waals surface area contributed by atoms with E-state index in [1.165, 1.54) is 0 Å². The minimum Gasteiger partial charge on any atom is -0.430 e. The Hall–Kier alpha value is -2.68. The van der Waals surface area contributed by atoms with Crippen molar-refractivity contribution in [1.29, 1.82) is 0 Å². The second kappa shape index (κ2) is 7.80. The van der Waals surface area contributed by atoms with Crippen LogP contribution < -0.4 is 0 Å². The van der Waals surface area contributed by atoms with Crippen molar-refractivity contribution in [3.05, 3.63) is 36.8 Å². The van der Waals surface area contributed by atoms with Gasteiger partial charge in [-0.1, -0.05) is 19.1 Å². The highest BCUT2D eigenvalue weighted by Crippen LogP contribution is 2.29. The van der Waals surface area contributed by atoms with Crippen LogP contribution in [0.5, 0.6) is 0 Å². The van der Waals surface area contributed by atoms with Gasteiger partial charge in [-0.2, -0.15) is 0 Å². The molecule has 0 bridgehead atoms. The van der Waals surface area contributed by atoms with Crippen molar-refractivity contribution >= 4 is 12.3 Å². The van der Waals surface area contributed by atoms with Crippen molar-refractivity contribution < 1.29 is 28.5 Å². The molecule has 1 aliphatic rings. The van der Waals surface area contributed by atoms with Gasteiger partial charge in [0.1, 0.15) is 12.2 Å². The molecular formula is C15H16O6. The Bertz CT molecular complexity index is 511. The summed E-state index contributed by atoms with van der Waals surface area (Å²) in [7, 11) is 0. The molecule has 0 N–H and O–H groups in total. The van der Waals surface area contributed by atoms with Gasteiger partial charge in [0.15, 0.2) is 0 Å². The first-order valence-electron chi connectivity index (χ1n) is 6.14. The van der Waals surface area contributed by atoms with Gasteiger partial charge in [-0.05, 0) is 12.5 Å². The van der Waals surface area contributed by atoms with Crippen molar-refractivity contribution in [2.45, 2.75) is 32.0 Å².